The molecule has 1 aromatic heterocycles. The van der Waals surface area contributed by atoms with Crippen LogP contribution in [0.25, 0.3) is 5.69 Å². The van der Waals surface area contributed by atoms with Crippen molar-refractivity contribution >= 4 is 12.4 Å². The number of nitrogens with one attached hydrogen (secondary N) is 1. The number of nitrogens with zero attached hydrogens (tertiary/aromatic N) is 4. The average molecular weight is 374 g/mol. The van der Waals surface area contributed by atoms with E-state index >= 15 is 0 Å². The maximum atomic E-state index is 5.90. The molecule has 26 heavy (non-hydrogen) atoms. The summed E-state index contributed by atoms with van der Waals surface area (Å²) in [6.45, 7) is 0.822. The monoisotopic (exact) mass is 373 g/mol. The molecule has 1 aliphatic carbocycles. The molecule has 0 unspecified atom stereocenters. The quantitative estimate of drug-likeness (QED) is 0.685. The van der Waals surface area contributed by atoms with E-state index in [2.05, 4.69) is 20.8 Å². The summed E-state index contributed by atoms with van der Waals surface area (Å²) in [4.78, 5) is 0. The van der Waals surface area contributed by atoms with Crippen molar-refractivity contribution in [2.24, 2.45) is 0 Å². The number of methoxy groups -OCH3 is 1. The topological polar surface area (TPSA) is 74.1 Å². The third-order valence-electron chi connectivity index (χ3n) is 4.04. The average Bonchev–Trinajstić information content (AvgIpc) is 3.38. The minimum absolute atomic E-state index is 0. The summed E-state index contributed by atoms with van der Waals surface area (Å²) >= 11 is 0. The van der Waals surface area contributed by atoms with Crippen molar-refractivity contribution in [3.63, 3.8) is 0 Å². The van der Waals surface area contributed by atoms with Gasteiger partial charge in [-0.3, -0.25) is 0 Å². The number of ether oxygens (including phenoxy) is 2. The predicted octanol–water partition coefficient (Wildman–Crippen LogP) is 3.14. The third-order valence-corrected chi connectivity index (χ3v) is 4.04. The Labute approximate surface area is 157 Å². The van der Waals surface area contributed by atoms with Crippen LogP contribution in [0.4, 0.5) is 0 Å². The molecule has 136 valence electrons. The molecule has 1 saturated carbocycles. The lowest BCUT2D eigenvalue weighted by atomic mass is 10.2. The molecule has 7 nitrogen and oxygen atoms in total. The number of aromatic nitrogens is 4. The molecule has 0 spiro atoms. The van der Waals surface area contributed by atoms with Crippen LogP contribution in [0.2, 0.25) is 0 Å². The van der Waals surface area contributed by atoms with Crippen LogP contribution in [-0.2, 0) is 6.54 Å². The smallest absolute Gasteiger partial charge is 0.346 e. The van der Waals surface area contributed by atoms with E-state index in [4.69, 9.17) is 9.47 Å². The number of tetrazole rings is 1. The van der Waals surface area contributed by atoms with Crippen LogP contribution in [0.3, 0.4) is 0 Å². The summed E-state index contributed by atoms with van der Waals surface area (Å²) in [5.41, 5.74) is 1.98. The third kappa shape index (κ3) is 4.12. The summed E-state index contributed by atoms with van der Waals surface area (Å²) in [7, 11) is 1.63. The van der Waals surface area contributed by atoms with E-state index in [-0.39, 0.29) is 18.4 Å². The molecule has 3 aromatic rings. The lowest BCUT2D eigenvalue weighted by Crippen LogP contribution is -2.15. The normalized spacial score (nSPS) is 13.1. The number of rotatable bonds is 7. The first-order valence-electron chi connectivity index (χ1n) is 8.25. The summed E-state index contributed by atoms with van der Waals surface area (Å²) in [5, 5.41) is 15.2. The van der Waals surface area contributed by atoms with E-state index in [9.17, 15) is 0 Å². The van der Waals surface area contributed by atoms with Crippen molar-refractivity contribution in [1.29, 1.82) is 0 Å². The van der Waals surface area contributed by atoms with Crippen LogP contribution in [0.15, 0.2) is 48.5 Å². The minimum Gasteiger partial charge on any atom is -0.493 e. The number of hydrogen-bond donors (Lipinski definition) is 1. The summed E-state index contributed by atoms with van der Waals surface area (Å²) in [6, 6.07) is 16.4. The van der Waals surface area contributed by atoms with Crippen molar-refractivity contribution in [3.8, 4) is 23.2 Å². The van der Waals surface area contributed by atoms with E-state index in [0.717, 1.165) is 17.8 Å². The molecule has 1 N–H and O–H groups in total. The van der Waals surface area contributed by atoms with Gasteiger partial charge in [-0.2, -0.15) is 4.68 Å². The van der Waals surface area contributed by atoms with E-state index in [1.807, 2.05) is 48.5 Å². The van der Waals surface area contributed by atoms with Crippen LogP contribution < -0.4 is 14.8 Å². The Morgan fingerprint density at radius 3 is 2.65 bits per heavy atom. The first-order valence-corrected chi connectivity index (χ1v) is 8.25. The Morgan fingerprint density at radius 1 is 1.12 bits per heavy atom. The number of halogens is 1. The Hall–Kier alpha value is -2.64. The summed E-state index contributed by atoms with van der Waals surface area (Å²) in [6.07, 6.45) is 2.53. The Balaban J connectivity index is 0.00000196. The zero-order chi connectivity index (χ0) is 17.1. The fourth-order valence-corrected chi connectivity index (χ4v) is 2.53. The van der Waals surface area contributed by atoms with Crippen LogP contribution in [-0.4, -0.2) is 33.4 Å². The molecule has 1 fully saturated rings. The molecular weight excluding hydrogens is 354 g/mol. The van der Waals surface area contributed by atoms with Gasteiger partial charge in [0.25, 0.3) is 0 Å². The Bertz CT molecular complexity index is 852. The number of hydrogen-bond acceptors (Lipinski definition) is 6. The first kappa shape index (κ1) is 18.2. The van der Waals surface area contributed by atoms with Gasteiger partial charge >= 0.3 is 6.01 Å². The van der Waals surface area contributed by atoms with E-state index in [1.165, 1.54) is 12.8 Å². The molecule has 0 bridgehead atoms. The highest BCUT2D eigenvalue weighted by atomic mass is 35.5. The van der Waals surface area contributed by atoms with E-state index in [0.29, 0.717) is 17.5 Å². The maximum Gasteiger partial charge on any atom is 0.346 e. The number of benzene rings is 2. The number of para-hydroxylation sites is 1. The maximum absolute atomic E-state index is 5.90. The molecule has 0 aliphatic heterocycles. The highest BCUT2D eigenvalue weighted by Crippen LogP contribution is 2.32. The zero-order valence-corrected chi connectivity index (χ0v) is 15.1. The van der Waals surface area contributed by atoms with Crippen LogP contribution in [0.1, 0.15) is 18.4 Å². The minimum atomic E-state index is 0. The van der Waals surface area contributed by atoms with Gasteiger partial charge in [0.1, 0.15) is 0 Å². The van der Waals surface area contributed by atoms with Crippen LogP contribution >= 0.6 is 12.4 Å². The molecule has 0 atom stereocenters. The molecule has 0 radical (unpaired) electrons. The fourth-order valence-electron chi connectivity index (χ4n) is 2.53. The van der Waals surface area contributed by atoms with Gasteiger partial charge in [-0.25, -0.2) is 0 Å². The van der Waals surface area contributed by atoms with Gasteiger partial charge in [0.2, 0.25) is 0 Å². The first-order chi connectivity index (χ1) is 12.3. The fraction of sp³-hybridized carbons (Fsp3) is 0.278. The van der Waals surface area contributed by atoms with Crippen molar-refractivity contribution < 1.29 is 9.47 Å². The summed E-state index contributed by atoms with van der Waals surface area (Å²) in [5.74, 6) is 1.22. The van der Waals surface area contributed by atoms with Crippen molar-refractivity contribution in [2.45, 2.75) is 25.4 Å². The van der Waals surface area contributed by atoms with Gasteiger partial charge < -0.3 is 14.8 Å². The largest absolute Gasteiger partial charge is 0.493 e. The van der Waals surface area contributed by atoms with Gasteiger partial charge in [0, 0.05) is 12.6 Å². The van der Waals surface area contributed by atoms with Gasteiger partial charge in [-0.15, -0.1) is 12.4 Å². The van der Waals surface area contributed by atoms with Crippen molar-refractivity contribution in [3.05, 3.63) is 54.1 Å². The van der Waals surface area contributed by atoms with Crippen molar-refractivity contribution in [1.82, 2.24) is 25.5 Å². The van der Waals surface area contributed by atoms with Crippen LogP contribution in [0, 0.1) is 0 Å². The predicted molar refractivity (Wildman–Crippen MR) is 99.3 cm³/mol. The Kier molecular flexibility index (Phi) is 5.70. The van der Waals surface area contributed by atoms with E-state index in [1.54, 1.807) is 11.8 Å². The van der Waals surface area contributed by atoms with Crippen molar-refractivity contribution in [2.75, 3.05) is 7.11 Å². The van der Waals surface area contributed by atoms with Gasteiger partial charge in [0.05, 0.1) is 12.8 Å². The van der Waals surface area contributed by atoms with Crippen LogP contribution in [0.5, 0.6) is 17.5 Å². The second kappa shape index (κ2) is 8.16. The molecule has 8 heteroatoms. The molecule has 1 heterocycles. The highest BCUT2D eigenvalue weighted by Gasteiger charge is 2.20. The molecule has 2 aromatic carbocycles. The van der Waals surface area contributed by atoms with Gasteiger partial charge in [0.15, 0.2) is 11.5 Å². The van der Waals surface area contributed by atoms with Gasteiger partial charge in [-0.05, 0) is 53.1 Å². The molecule has 0 amide bonds. The molecule has 4 rings (SSSR count). The Morgan fingerprint density at radius 2 is 1.92 bits per heavy atom. The van der Waals surface area contributed by atoms with E-state index < -0.39 is 0 Å². The second-order valence-electron chi connectivity index (χ2n) is 5.95. The second-order valence-corrected chi connectivity index (χ2v) is 5.95. The lowest BCUT2D eigenvalue weighted by Gasteiger charge is -2.12. The standard InChI is InChI=1S/C18H19N5O2.ClH/c1-24-17-11-13(12-19-14-8-9-14)7-10-16(17)25-18-20-21-22-23(18)15-5-3-2-4-6-15;/h2-7,10-11,14,19H,8-9,12H2,1H3;1H. The molecule has 0 saturated heterocycles. The molecular formula is C18H20ClN5O2. The van der Waals surface area contributed by atoms with Gasteiger partial charge in [-0.1, -0.05) is 29.4 Å². The lowest BCUT2D eigenvalue weighted by molar-refractivity contribution is 0.362. The zero-order valence-electron chi connectivity index (χ0n) is 14.3. The molecule has 1 aliphatic rings. The summed E-state index contributed by atoms with van der Waals surface area (Å²) < 4.78 is 12.9. The highest BCUT2D eigenvalue weighted by molar-refractivity contribution is 5.85. The SMILES string of the molecule is COc1cc(CNC2CC2)ccc1Oc1nnnn1-c1ccccc1.Cl.